The normalized spacial score (nSPS) is 17.3. The minimum absolute atomic E-state index is 0.143. The summed E-state index contributed by atoms with van der Waals surface area (Å²) < 4.78 is 11.3. The van der Waals surface area contributed by atoms with Crippen molar-refractivity contribution in [3.05, 3.63) is 60.1 Å². The van der Waals surface area contributed by atoms with E-state index < -0.39 is 5.91 Å². The number of benzene rings is 1. The maximum Gasteiger partial charge on any atom is 0.289 e. The van der Waals surface area contributed by atoms with E-state index in [4.69, 9.17) is 14.4 Å². The zero-order valence-electron chi connectivity index (χ0n) is 14.1. The van der Waals surface area contributed by atoms with Gasteiger partial charge in [0.05, 0.1) is 12.8 Å². The first-order valence-electron chi connectivity index (χ1n) is 8.38. The van der Waals surface area contributed by atoms with Crippen LogP contribution in [0.15, 0.2) is 53.2 Å². The zero-order chi connectivity index (χ0) is 18.4. The number of hydrogen-bond donors (Lipinski definition) is 2. The number of hydrogen-bond acceptors (Lipinski definition) is 5. The number of para-hydroxylation sites is 1. The maximum atomic E-state index is 12.4. The van der Waals surface area contributed by atoms with Crippen LogP contribution in [0.1, 0.15) is 29.0 Å². The highest BCUT2D eigenvalue weighted by atomic mass is 16.5. The van der Waals surface area contributed by atoms with Crippen LogP contribution in [-0.2, 0) is 4.79 Å². The van der Waals surface area contributed by atoms with Gasteiger partial charge in [0.2, 0.25) is 0 Å². The molecule has 1 aliphatic rings. The molecule has 1 aromatic heterocycles. The lowest BCUT2D eigenvalue weighted by Gasteiger charge is -2.32. The van der Waals surface area contributed by atoms with E-state index in [2.05, 4.69) is 0 Å². The van der Waals surface area contributed by atoms with Crippen LogP contribution in [0.5, 0.6) is 5.75 Å². The molecule has 7 heteroatoms. The molecule has 26 heavy (non-hydrogen) atoms. The standard InChI is InChI=1S/C19H20N2O5/c22-18(20-24)10-9-14-5-1-2-7-16(14)26-15-6-3-11-21(13-15)19(23)17-8-4-12-25-17/h1-2,4-5,7-10,12,15,24H,3,6,11,13H2,(H,20,22)/b10-9+/t15-/m1/s1. The van der Waals surface area contributed by atoms with E-state index >= 15 is 0 Å². The second kappa shape index (κ2) is 8.35. The van der Waals surface area contributed by atoms with Crippen molar-refractivity contribution < 1.29 is 24.0 Å². The van der Waals surface area contributed by atoms with Gasteiger partial charge in [0, 0.05) is 18.2 Å². The molecular weight excluding hydrogens is 336 g/mol. The molecule has 0 unspecified atom stereocenters. The molecule has 1 aliphatic heterocycles. The van der Waals surface area contributed by atoms with Gasteiger partial charge in [-0.2, -0.15) is 0 Å². The first-order valence-corrected chi connectivity index (χ1v) is 8.38. The summed E-state index contributed by atoms with van der Waals surface area (Å²) in [6, 6.07) is 10.6. The number of ether oxygens (including phenoxy) is 1. The minimum Gasteiger partial charge on any atom is -0.488 e. The van der Waals surface area contributed by atoms with Crippen LogP contribution in [0.25, 0.3) is 6.08 Å². The minimum atomic E-state index is -0.618. The fourth-order valence-corrected chi connectivity index (χ4v) is 2.88. The molecule has 1 saturated heterocycles. The number of furan rings is 1. The number of carbonyl (C=O) groups excluding carboxylic acids is 2. The summed E-state index contributed by atoms with van der Waals surface area (Å²) in [5.74, 6) is 0.180. The highest BCUT2D eigenvalue weighted by Gasteiger charge is 2.27. The summed E-state index contributed by atoms with van der Waals surface area (Å²) in [5.41, 5.74) is 2.26. The smallest absolute Gasteiger partial charge is 0.289 e. The monoisotopic (exact) mass is 356 g/mol. The second-order valence-corrected chi connectivity index (χ2v) is 5.96. The van der Waals surface area contributed by atoms with Crippen molar-refractivity contribution >= 4 is 17.9 Å². The molecule has 0 saturated carbocycles. The van der Waals surface area contributed by atoms with E-state index in [0.29, 0.717) is 30.2 Å². The van der Waals surface area contributed by atoms with Crippen LogP contribution in [0, 0.1) is 0 Å². The van der Waals surface area contributed by atoms with Crippen molar-refractivity contribution in [3.63, 3.8) is 0 Å². The Morgan fingerprint density at radius 2 is 2.12 bits per heavy atom. The predicted molar refractivity (Wildman–Crippen MR) is 93.7 cm³/mol. The predicted octanol–water partition coefficient (Wildman–Crippen LogP) is 2.48. The Morgan fingerprint density at radius 1 is 1.27 bits per heavy atom. The summed E-state index contributed by atoms with van der Waals surface area (Å²) in [7, 11) is 0. The first kappa shape index (κ1) is 17.8. The fraction of sp³-hybridized carbons (Fsp3) is 0.263. The number of amides is 2. The van der Waals surface area contributed by atoms with E-state index in [1.165, 1.54) is 12.3 Å². The average molecular weight is 356 g/mol. The SMILES string of the molecule is O=C(/C=C/c1ccccc1O[C@@H]1CCCN(C(=O)c2ccco2)C1)NO. The number of nitrogens with one attached hydrogen (secondary N) is 1. The second-order valence-electron chi connectivity index (χ2n) is 5.96. The fourth-order valence-electron chi connectivity index (χ4n) is 2.88. The summed E-state index contributed by atoms with van der Waals surface area (Å²) in [4.78, 5) is 25.3. The molecule has 0 bridgehead atoms. The first-order chi connectivity index (χ1) is 12.7. The van der Waals surface area contributed by atoms with Crippen molar-refractivity contribution in [2.75, 3.05) is 13.1 Å². The molecule has 136 valence electrons. The molecule has 1 aromatic carbocycles. The number of carbonyl (C=O) groups is 2. The van der Waals surface area contributed by atoms with Gasteiger partial charge in [-0.05, 0) is 37.1 Å². The number of nitrogens with zero attached hydrogens (tertiary/aromatic N) is 1. The van der Waals surface area contributed by atoms with E-state index in [9.17, 15) is 9.59 Å². The number of rotatable bonds is 5. The summed E-state index contributed by atoms with van der Waals surface area (Å²) in [6.45, 7) is 1.13. The molecule has 2 heterocycles. The van der Waals surface area contributed by atoms with Crippen molar-refractivity contribution in [1.82, 2.24) is 10.4 Å². The lowest BCUT2D eigenvalue weighted by atomic mass is 10.1. The number of likely N-dealkylation sites (tertiary alicyclic amines) is 1. The van der Waals surface area contributed by atoms with Crippen LogP contribution in [0.3, 0.4) is 0 Å². The van der Waals surface area contributed by atoms with Crippen molar-refractivity contribution in [1.29, 1.82) is 0 Å². The molecule has 2 N–H and O–H groups in total. The number of hydroxylamine groups is 1. The van der Waals surface area contributed by atoms with Gasteiger partial charge in [0.25, 0.3) is 11.8 Å². The Bertz CT molecular complexity index is 785. The van der Waals surface area contributed by atoms with Crippen molar-refractivity contribution in [2.24, 2.45) is 0 Å². The molecule has 3 rings (SSSR count). The summed E-state index contributed by atoms with van der Waals surface area (Å²) in [5, 5.41) is 8.58. The summed E-state index contributed by atoms with van der Waals surface area (Å²) >= 11 is 0. The van der Waals surface area contributed by atoms with E-state index in [1.54, 1.807) is 28.6 Å². The molecule has 0 spiro atoms. The van der Waals surface area contributed by atoms with E-state index in [1.807, 2.05) is 24.3 Å². The van der Waals surface area contributed by atoms with E-state index in [0.717, 1.165) is 12.8 Å². The molecule has 0 aliphatic carbocycles. The molecule has 2 aromatic rings. The van der Waals surface area contributed by atoms with Gasteiger partial charge in [-0.1, -0.05) is 18.2 Å². The number of piperidine rings is 1. The van der Waals surface area contributed by atoms with Crippen LogP contribution in [0.2, 0.25) is 0 Å². The highest BCUT2D eigenvalue weighted by Crippen LogP contribution is 2.24. The molecule has 7 nitrogen and oxygen atoms in total. The molecule has 1 fully saturated rings. The average Bonchev–Trinajstić information content (AvgIpc) is 3.21. The van der Waals surface area contributed by atoms with Crippen LogP contribution in [0.4, 0.5) is 0 Å². The third-order valence-corrected chi connectivity index (χ3v) is 4.13. The quantitative estimate of drug-likeness (QED) is 0.488. The Kier molecular flexibility index (Phi) is 5.70. The maximum absolute atomic E-state index is 12.4. The lowest BCUT2D eigenvalue weighted by molar-refractivity contribution is -0.124. The van der Waals surface area contributed by atoms with E-state index in [-0.39, 0.29) is 12.0 Å². The molecular formula is C19H20N2O5. The molecule has 2 amide bonds. The van der Waals surface area contributed by atoms with Gasteiger partial charge >= 0.3 is 0 Å². The molecule has 1 atom stereocenters. The van der Waals surface area contributed by atoms with Crippen LogP contribution in [-0.4, -0.2) is 41.1 Å². The van der Waals surface area contributed by atoms with Gasteiger partial charge < -0.3 is 14.1 Å². The Morgan fingerprint density at radius 3 is 2.88 bits per heavy atom. The van der Waals surface area contributed by atoms with Crippen LogP contribution < -0.4 is 10.2 Å². The Labute approximate surface area is 150 Å². The topological polar surface area (TPSA) is 92.0 Å². The Hall–Kier alpha value is -3.06. The van der Waals surface area contributed by atoms with Crippen LogP contribution >= 0.6 is 0 Å². The van der Waals surface area contributed by atoms with Crippen molar-refractivity contribution in [2.45, 2.75) is 18.9 Å². The third-order valence-electron chi connectivity index (χ3n) is 4.13. The lowest BCUT2D eigenvalue weighted by Crippen LogP contribution is -2.44. The van der Waals surface area contributed by atoms with Gasteiger partial charge in [0.15, 0.2) is 5.76 Å². The van der Waals surface area contributed by atoms with Gasteiger partial charge in [-0.15, -0.1) is 0 Å². The molecule has 0 radical (unpaired) electrons. The van der Waals surface area contributed by atoms with Gasteiger partial charge in [0.1, 0.15) is 11.9 Å². The Balaban J connectivity index is 1.68. The zero-order valence-corrected chi connectivity index (χ0v) is 14.1. The highest BCUT2D eigenvalue weighted by molar-refractivity contribution is 5.92. The third kappa shape index (κ3) is 4.31. The summed E-state index contributed by atoms with van der Waals surface area (Å²) in [6.07, 6.45) is 5.78. The van der Waals surface area contributed by atoms with Gasteiger partial charge in [-0.3, -0.25) is 14.8 Å². The van der Waals surface area contributed by atoms with Gasteiger partial charge in [-0.25, -0.2) is 5.48 Å². The largest absolute Gasteiger partial charge is 0.488 e. The van der Waals surface area contributed by atoms with Crippen molar-refractivity contribution in [3.8, 4) is 5.75 Å².